The predicted octanol–water partition coefficient (Wildman–Crippen LogP) is 2.40. The third-order valence-electron chi connectivity index (χ3n) is 2.28. The second-order valence-corrected chi connectivity index (χ2v) is 4.68. The van der Waals surface area contributed by atoms with Gasteiger partial charge in [0.05, 0.1) is 6.42 Å². The van der Waals surface area contributed by atoms with Gasteiger partial charge in [0.15, 0.2) is 0 Å². The highest BCUT2D eigenvalue weighted by Crippen LogP contribution is 2.22. The van der Waals surface area contributed by atoms with Crippen LogP contribution in [0.2, 0.25) is 0 Å². The van der Waals surface area contributed by atoms with Crippen molar-refractivity contribution in [2.24, 2.45) is 0 Å². The Labute approximate surface area is 90.2 Å². The van der Waals surface area contributed by atoms with Gasteiger partial charge in [-0.3, -0.25) is 9.78 Å². The maximum Gasteiger partial charge on any atom is 0.303 e. The van der Waals surface area contributed by atoms with Gasteiger partial charge in [0.25, 0.3) is 0 Å². The summed E-state index contributed by atoms with van der Waals surface area (Å²) in [5, 5.41) is 8.58. The Bertz CT molecular complexity index is 353. The van der Waals surface area contributed by atoms with Gasteiger partial charge in [0.1, 0.15) is 0 Å². The maximum atomic E-state index is 10.4. The van der Waals surface area contributed by atoms with E-state index in [2.05, 4.69) is 25.8 Å². The van der Waals surface area contributed by atoms with E-state index < -0.39 is 5.97 Å². The van der Waals surface area contributed by atoms with Crippen LogP contribution in [0.5, 0.6) is 0 Å². The van der Waals surface area contributed by atoms with Crippen molar-refractivity contribution in [3.05, 3.63) is 29.6 Å². The first-order valence-electron chi connectivity index (χ1n) is 5.07. The van der Waals surface area contributed by atoms with Crippen LogP contribution in [0, 0.1) is 0 Å². The molecule has 0 aliphatic heterocycles. The summed E-state index contributed by atoms with van der Waals surface area (Å²) in [4.78, 5) is 14.6. The molecule has 0 saturated heterocycles. The zero-order chi connectivity index (χ0) is 11.5. The van der Waals surface area contributed by atoms with Gasteiger partial charge in [-0.05, 0) is 23.1 Å². The van der Waals surface area contributed by atoms with Crippen molar-refractivity contribution in [3.8, 4) is 0 Å². The Kier molecular flexibility index (Phi) is 3.45. The van der Waals surface area contributed by atoms with Crippen molar-refractivity contribution in [2.45, 2.75) is 39.0 Å². The molecule has 1 rings (SSSR count). The highest BCUT2D eigenvalue weighted by Gasteiger charge is 2.14. The fourth-order valence-electron chi connectivity index (χ4n) is 1.32. The van der Waals surface area contributed by atoms with Crippen LogP contribution in [0.1, 0.15) is 38.4 Å². The molecule has 1 aromatic heterocycles. The summed E-state index contributed by atoms with van der Waals surface area (Å²) < 4.78 is 0. The van der Waals surface area contributed by atoms with Gasteiger partial charge in [-0.25, -0.2) is 0 Å². The largest absolute Gasteiger partial charge is 0.481 e. The average Bonchev–Trinajstić information content (AvgIpc) is 2.14. The van der Waals surface area contributed by atoms with E-state index in [0.717, 1.165) is 5.69 Å². The van der Waals surface area contributed by atoms with E-state index in [9.17, 15) is 4.79 Å². The zero-order valence-electron chi connectivity index (χ0n) is 9.45. The molecule has 0 spiro atoms. The Hall–Kier alpha value is -1.38. The van der Waals surface area contributed by atoms with Gasteiger partial charge in [-0.1, -0.05) is 20.8 Å². The smallest absolute Gasteiger partial charge is 0.303 e. The summed E-state index contributed by atoms with van der Waals surface area (Å²) in [5.41, 5.74) is 2.13. The minimum Gasteiger partial charge on any atom is -0.481 e. The topological polar surface area (TPSA) is 50.2 Å². The fourth-order valence-corrected chi connectivity index (χ4v) is 1.32. The van der Waals surface area contributed by atoms with E-state index in [-0.39, 0.29) is 11.8 Å². The van der Waals surface area contributed by atoms with E-state index in [1.807, 2.05) is 12.1 Å². The van der Waals surface area contributed by atoms with Gasteiger partial charge in [0.2, 0.25) is 0 Å². The second-order valence-electron chi connectivity index (χ2n) is 4.68. The van der Waals surface area contributed by atoms with E-state index >= 15 is 0 Å². The van der Waals surface area contributed by atoms with Crippen molar-refractivity contribution < 1.29 is 9.90 Å². The summed E-state index contributed by atoms with van der Waals surface area (Å²) >= 11 is 0. The first kappa shape index (κ1) is 11.7. The fraction of sp³-hybridized carbons (Fsp3) is 0.500. The molecule has 0 aliphatic rings. The SMILES string of the molecule is CC(C)(C)c1ccnc(CCC(=O)O)c1. The first-order valence-corrected chi connectivity index (χ1v) is 5.07. The Morgan fingerprint density at radius 1 is 1.47 bits per heavy atom. The van der Waals surface area contributed by atoms with Crippen molar-refractivity contribution in [1.82, 2.24) is 4.98 Å². The van der Waals surface area contributed by atoms with E-state index in [1.165, 1.54) is 5.56 Å². The number of carboxylic acids is 1. The summed E-state index contributed by atoms with van der Waals surface area (Å²) in [6, 6.07) is 3.97. The van der Waals surface area contributed by atoms with Gasteiger partial charge in [-0.15, -0.1) is 0 Å². The van der Waals surface area contributed by atoms with Crippen molar-refractivity contribution >= 4 is 5.97 Å². The van der Waals surface area contributed by atoms with Crippen LogP contribution in [-0.4, -0.2) is 16.1 Å². The minimum absolute atomic E-state index is 0.0842. The summed E-state index contributed by atoms with van der Waals surface area (Å²) in [5.74, 6) is -0.780. The number of hydrogen-bond acceptors (Lipinski definition) is 2. The normalized spacial score (nSPS) is 11.4. The molecule has 0 radical (unpaired) electrons. The molecule has 3 heteroatoms. The molecular weight excluding hydrogens is 190 g/mol. The number of aryl methyl sites for hydroxylation is 1. The number of nitrogens with zero attached hydrogens (tertiary/aromatic N) is 1. The molecule has 82 valence electrons. The number of hydrogen-bond donors (Lipinski definition) is 1. The standard InChI is InChI=1S/C12H17NO2/c1-12(2,3)9-6-7-13-10(8-9)4-5-11(14)15/h6-8H,4-5H2,1-3H3,(H,14,15). The summed E-state index contributed by atoms with van der Waals surface area (Å²) in [7, 11) is 0. The molecule has 0 aromatic carbocycles. The van der Waals surface area contributed by atoms with Crippen molar-refractivity contribution in [3.63, 3.8) is 0 Å². The minimum atomic E-state index is -0.780. The molecule has 0 saturated carbocycles. The second kappa shape index (κ2) is 4.43. The van der Waals surface area contributed by atoms with Crippen LogP contribution >= 0.6 is 0 Å². The quantitative estimate of drug-likeness (QED) is 0.828. The molecule has 0 unspecified atom stereocenters. The molecule has 1 aromatic rings. The van der Waals surface area contributed by atoms with Crippen LogP contribution in [0.4, 0.5) is 0 Å². The van der Waals surface area contributed by atoms with Crippen LogP contribution in [-0.2, 0) is 16.6 Å². The van der Waals surface area contributed by atoms with Crippen LogP contribution in [0.25, 0.3) is 0 Å². The molecule has 0 fully saturated rings. The maximum absolute atomic E-state index is 10.4. The first-order chi connectivity index (χ1) is 6.89. The van der Waals surface area contributed by atoms with Gasteiger partial charge >= 0.3 is 5.97 Å². The summed E-state index contributed by atoms with van der Waals surface area (Å²) in [6.07, 6.45) is 2.39. The molecule has 0 atom stereocenters. The van der Waals surface area contributed by atoms with Crippen molar-refractivity contribution in [1.29, 1.82) is 0 Å². The van der Waals surface area contributed by atoms with Crippen molar-refractivity contribution in [2.75, 3.05) is 0 Å². The van der Waals surface area contributed by atoms with E-state index in [1.54, 1.807) is 6.20 Å². The number of aromatic nitrogens is 1. The Balaban J connectivity index is 2.79. The molecule has 15 heavy (non-hydrogen) atoms. The van der Waals surface area contributed by atoms with Crippen LogP contribution in [0.15, 0.2) is 18.3 Å². The molecule has 3 nitrogen and oxygen atoms in total. The number of carboxylic acid groups (broad SMARTS) is 1. The number of rotatable bonds is 3. The van der Waals surface area contributed by atoms with Gasteiger partial charge in [-0.2, -0.15) is 0 Å². The highest BCUT2D eigenvalue weighted by molar-refractivity contribution is 5.66. The summed E-state index contributed by atoms with van der Waals surface area (Å²) in [6.45, 7) is 6.38. The van der Waals surface area contributed by atoms with Gasteiger partial charge in [0, 0.05) is 18.3 Å². The Morgan fingerprint density at radius 3 is 2.67 bits per heavy atom. The molecule has 0 aliphatic carbocycles. The Morgan fingerprint density at radius 2 is 2.13 bits per heavy atom. The number of aliphatic carboxylic acids is 1. The van der Waals surface area contributed by atoms with Gasteiger partial charge < -0.3 is 5.11 Å². The highest BCUT2D eigenvalue weighted by atomic mass is 16.4. The monoisotopic (exact) mass is 207 g/mol. The lowest BCUT2D eigenvalue weighted by atomic mass is 9.87. The van der Waals surface area contributed by atoms with E-state index in [0.29, 0.717) is 6.42 Å². The zero-order valence-corrected chi connectivity index (χ0v) is 9.45. The average molecular weight is 207 g/mol. The molecule has 1 N–H and O–H groups in total. The third kappa shape index (κ3) is 3.70. The number of carbonyl (C=O) groups is 1. The van der Waals surface area contributed by atoms with Crippen LogP contribution in [0.3, 0.4) is 0 Å². The molecule has 1 heterocycles. The third-order valence-corrected chi connectivity index (χ3v) is 2.28. The lowest BCUT2D eigenvalue weighted by Crippen LogP contribution is -2.12. The number of pyridine rings is 1. The van der Waals surface area contributed by atoms with E-state index in [4.69, 9.17) is 5.11 Å². The predicted molar refractivity (Wildman–Crippen MR) is 58.9 cm³/mol. The molecule has 0 bridgehead atoms. The lowest BCUT2D eigenvalue weighted by Gasteiger charge is -2.19. The van der Waals surface area contributed by atoms with Crippen LogP contribution < -0.4 is 0 Å². The molecule has 0 amide bonds. The molecular formula is C12H17NO2. The lowest BCUT2D eigenvalue weighted by molar-refractivity contribution is -0.136.